The van der Waals surface area contributed by atoms with Crippen LogP contribution in [0.25, 0.3) is 0 Å². The third kappa shape index (κ3) is 6.35. The van der Waals surface area contributed by atoms with Crippen molar-refractivity contribution in [3.8, 4) is 0 Å². The largest absolute Gasteiger partial charge is 0.381 e. The zero-order valence-electron chi connectivity index (χ0n) is 12.0. The molecule has 7 heteroatoms. The minimum Gasteiger partial charge on any atom is -0.381 e. The lowest BCUT2D eigenvalue weighted by molar-refractivity contribution is -0.135. The maximum atomic E-state index is 11.9. The number of methoxy groups -OCH3 is 1. The molecule has 1 heterocycles. The van der Waals surface area contributed by atoms with Crippen LogP contribution in [0.5, 0.6) is 0 Å². The molecule has 0 aromatic rings. The summed E-state index contributed by atoms with van der Waals surface area (Å²) in [7, 11) is -1.31. The first-order chi connectivity index (χ1) is 8.81. The zero-order chi connectivity index (χ0) is 14.5. The van der Waals surface area contributed by atoms with E-state index in [1.165, 1.54) is 6.26 Å². The number of piperazine rings is 1. The van der Waals surface area contributed by atoms with Gasteiger partial charge in [0, 0.05) is 46.1 Å². The van der Waals surface area contributed by atoms with Gasteiger partial charge in [0.25, 0.3) is 0 Å². The maximum absolute atomic E-state index is 11.9. The summed E-state index contributed by atoms with van der Waals surface area (Å²) in [6.07, 6.45) is 1.59. The van der Waals surface area contributed by atoms with E-state index >= 15 is 0 Å². The van der Waals surface area contributed by atoms with Gasteiger partial charge >= 0.3 is 0 Å². The molecule has 0 N–H and O–H groups in total. The highest BCUT2D eigenvalue weighted by molar-refractivity contribution is 7.90. The molecule has 1 saturated heterocycles. The number of amides is 1. The minimum atomic E-state index is -2.91. The fourth-order valence-electron chi connectivity index (χ4n) is 1.97. The van der Waals surface area contributed by atoms with Crippen LogP contribution in [-0.4, -0.2) is 82.1 Å². The van der Waals surface area contributed by atoms with Crippen molar-refractivity contribution in [2.24, 2.45) is 0 Å². The molecule has 0 spiro atoms. The predicted octanol–water partition coefficient (Wildman–Crippen LogP) is -0.400. The summed E-state index contributed by atoms with van der Waals surface area (Å²) in [5, 5.41) is 0. The maximum Gasteiger partial charge on any atom is 0.225 e. The number of ether oxygens (including phenoxy) is 1. The number of sulfone groups is 1. The summed E-state index contributed by atoms with van der Waals surface area (Å²) in [5.41, 5.74) is 0. The highest BCUT2D eigenvalue weighted by Crippen LogP contribution is 2.06. The number of hydrogen-bond donors (Lipinski definition) is 0. The van der Waals surface area contributed by atoms with E-state index in [0.29, 0.717) is 26.1 Å². The van der Waals surface area contributed by atoms with Crippen molar-refractivity contribution in [3.63, 3.8) is 0 Å². The van der Waals surface area contributed by atoms with Crippen molar-refractivity contribution in [1.82, 2.24) is 9.80 Å². The molecule has 0 radical (unpaired) electrons. The predicted molar refractivity (Wildman–Crippen MR) is 73.8 cm³/mol. The Kier molecular flexibility index (Phi) is 6.22. The average Bonchev–Trinajstić information content (AvgIpc) is 2.36. The second-order valence-corrected chi connectivity index (χ2v) is 7.36. The van der Waals surface area contributed by atoms with Crippen molar-refractivity contribution in [2.45, 2.75) is 19.4 Å². The van der Waals surface area contributed by atoms with Crippen LogP contribution in [0.15, 0.2) is 0 Å². The van der Waals surface area contributed by atoms with Crippen molar-refractivity contribution < 1.29 is 17.9 Å². The fraction of sp³-hybridized carbons (Fsp3) is 0.917. The highest BCUT2D eigenvalue weighted by atomic mass is 32.2. The Bertz CT molecular complexity index is 389. The highest BCUT2D eigenvalue weighted by Gasteiger charge is 2.22. The van der Waals surface area contributed by atoms with Gasteiger partial charge in [0.1, 0.15) is 9.84 Å². The van der Waals surface area contributed by atoms with Gasteiger partial charge in [-0.1, -0.05) is 0 Å². The van der Waals surface area contributed by atoms with Crippen molar-refractivity contribution in [3.05, 3.63) is 0 Å². The molecule has 0 aromatic carbocycles. The van der Waals surface area contributed by atoms with Gasteiger partial charge < -0.3 is 9.64 Å². The number of carbonyl (C=O) groups excluding carboxylic acids is 1. The van der Waals surface area contributed by atoms with Gasteiger partial charge in [-0.25, -0.2) is 8.42 Å². The Morgan fingerprint density at radius 3 is 2.32 bits per heavy atom. The molecule has 6 nitrogen and oxygen atoms in total. The lowest BCUT2D eigenvalue weighted by Crippen LogP contribution is -2.50. The number of hydrogen-bond acceptors (Lipinski definition) is 5. The van der Waals surface area contributed by atoms with Crippen LogP contribution in [-0.2, 0) is 19.4 Å². The van der Waals surface area contributed by atoms with E-state index in [0.717, 1.165) is 13.1 Å². The standard InChI is InChI=1S/C12H24N2O4S/c1-11(18-2)10-12(15)14-6-4-13(5-7-14)8-9-19(3,16)17/h11H,4-10H2,1-3H3. The van der Waals surface area contributed by atoms with Crippen LogP contribution < -0.4 is 0 Å². The number of nitrogens with zero attached hydrogens (tertiary/aromatic N) is 2. The molecule has 0 aromatic heterocycles. The Morgan fingerprint density at radius 2 is 1.84 bits per heavy atom. The molecule has 1 unspecified atom stereocenters. The lowest BCUT2D eigenvalue weighted by atomic mass is 10.2. The van der Waals surface area contributed by atoms with Crippen molar-refractivity contribution in [2.75, 3.05) is 51.8 Å². The van der Waals surface area contributed by atoms with E-state index in [1.54, 1.807) is 7.11 Å². The first kappa shape index (κ1) is 16.4. The number of carbonyl (C=O) groups is 1. The topological polar surface area (TPSA) is 66.9 Å². The van der Waals surface area contributed by atoms with Crippen LogP contribution in [0.1, 0.15) is 13.3 Å². The van der Waals surface area contributed by atoms with E-state index in [2.05, 4.69) is 4.90 Å². The molecule has 112 valence electrons. The second-order valence-electron chi connectivity index (χ2n) is 5.10. The van der Waals surface area contributed by atoms with Gasteiger partial charge in [-0.3, -0.25) is 9.69 Å². The molecule has 0 aliphatic carbocycles. The Balaban J connectivity index is 2.30. The molecule has 1 fully saturated rings. The average molecular weight is 292 g/mol. The quantitative estimate of drug-likeness (QED) is 0.666. The van der Waals surface area contributed by atoms with Crippen LogP contribution in [0.3, 0.4) is 0 Å². The fourth-order valence-corrected chi connectivity index (χ4v) is 2.56. The van der Waals surface area contributed by atoms with Crippen molar-refractivity contribution in [1.29, 1.82) is 0 Å². The van der Waals surface area contributed by atoms with Gasteiger partial charge in [-0.05, 0) is 6.92 Å². The molecule has 0 bridgehead atoms. The summed E-state index contributed by atoms with van der Waals surface area (Å²) >= 11 is 0. The van der Waals surface area contributed by atoms with Crippen LogP contribution in [0.4, 0.5) is 0 Å². The van der Waals surface area contributed by atoms with E-state index in [4.69, 9.17) is 4.74 Å². The Morgan fingerprint density at radius 1 is 1.26 bits per heavy atom. The van der Waals surface area contributed by atoms with Crippen LogP contribution in [0.2, 0.25) is 0 Å². The van der Waals surface area contributed by atoms with E-state index in [1.807, 2.05) is 11.8 Å². The van der Waals surface area contributed by atoms with Gasteiger partial charge in [-0.15, -0.1) is 0 Å². The molecular formula is C12H24N2O4S. The first-order valence-electron chi connectivity index (χ1n) is 6.52. The molecule has 1 rings (SSSR count). The second kappa shape index (κ2) is 7.21. The monoisotopic (exact) mass is 292 g/mol. The van der Waals surface area contributed by atoms with E-state index < -0.39 is 9.84 Å². The molecule has 1 aliphatic heterocycles. The Hall–Kier alpha value is -0.660. The molecule has 1 amide bonds. The summed E-state index contributed by atoms with van der Waals surface area (Å²) < 4.78 is 27.3. The summed E-state index contributed by atoms with van der Waals surface area (Å²) in [4.78, 5) is 15.8. The summed E-state index contributed by atoms with van der Waals surface area (Å²) in [6.45, 7) is 5.24. The first-order valence-corrected chi connectivity index (χ1v) is 8.58. The van der Waals surface area contributed by atoms with Crippen LogP contribution in [0, 0.1) is 0 Å². The SMILES string of the molecule is COC(C)CC(=O)N1CCN(CCS(C)(=O)=O)CC1. The van der Waals surface area contributed by atoms with E-state index in [-0.39, 0.29) is 17.8 Å². The molecule has 19 heavy (non-hydrogen) atoms. The third-order valence-corrected chi connectivity index (χ3v) is 4.29. The third-order valence-electron chi connectivity index (χ3n) is 3.37. The summed E-state index contributed by atoms with van der Waals surface area (Å²) in [6, 6.07) is 0. The smallest absolute Gasteiger partial charge is 0.225 e. The normalized spacial score (nSPS) is 19.4. The molecule has 1 atom stereocenters. The lowest BCUT2D eigenvalue weighted by Gasteiger charge is -2.35. The van der Waals surface area contributed by atoms with Gasteiger partial charge in [0.15, 0.2) is 0 Å². The Labute approximate surface area is 115 Å². The van der Waals surface area contributed by atoms with Gasteiger partial charge in [0.2, 0.25) is 5.91 Å². The molecule has 0 saturated carbocycles. The minimum absolute atomic E-state index is 0.0595. The summed E-state index contributed by atoms with van der Waals surface area (Å²) in [5.74, 6) is 0.291. The van der Waals surface area contributed by atoms with E-state index in [9.17, 15) is 13.2 Å². The number of rotatable bonds is 6. The van der Waals surface area contributed by atoms with Gasteiger partial charge in [-0.2, -0.15) is 0 Å². The zero-order valence-corrected chi connectivity index (χ0v) is 12.8. The molecule has 1 aliphatic rings. The van der Waals surface area contributed by atoms with Crippen molar-refractivity contribution >= 4 is 15.7 Å². The molecular weight excluding hydrogens is 268 g/mol. The van der Waals surface area contributed by atoms with Gasteiger partial charge in [0.05, 0.1) is 18.3 Å². The van der Waals surface area contributed by atoms with Crippen LogP contribution >= 0.6 is 0 Å².